The van der Waals surface area contributed by atoms with E-state index in [1.165, 1.54) is 4.90 Å². The van der Waals surface area contributed by atoms with Gasteiger partial charge in [0.1, 0.15) is 5.56 Å². The van der Waals surface area contributed by atoms with Crippen molar-refractivity contribution in [2.45, 2.75) is 82.8 Å². The summed E-state index contributed by atoms with van der Waals surface area (Å²) in [5, 5.41) is 0. The fraction of sp³-hybridized carbons (Fsp3) is 0.552. The molecule has 0 atom stereocenters. The summed E-state index contributed by atoms with van der Waals surface area (Å²) in [5.41, 5.74) is -1.27. The topological polar surface area (TPSA) is 68.7 Å². The van der Waals surface area contributed by atoms with Crippen LogP contribution < -0.4 is 9.64 Å². The predicted molar refractivity (Wildman–Crippen MR) is 142 cm³/mol. The molecule has 11 heteroatoms. The largest absolute Gasteiger partial charge is 0.465 e. The number of anilines is 1. The molecule has 40 heavy (non-hydrogen) atoms. The summed E-state index contributed by atoms with van der Waals surface area (Å²) in [6, 6.07) is 2.51. The number of carbonyl (C=O) groups excluding carboxylic acids is 2. The number of pyridine rings is 1. The maximum Gasteiger partial charge on any atom is 0.421 e. The van der Waals surface area contributed by atoms with E-state index in [0.717, 1.165) is 63.6 Å². The Hall–Kier alpha value is -2.88. The molecule has 0 N–H and O–H groups in total. The van der Waals surface area contributed by atoms with Gasteiger partial charge in [0.05, 0.1) is 18.4 Å². The highest BCUT2D eigenvalue weighted by Gasteiger charge is 2.38. The normalized spacial score (nSPS) is 20.2. The Morgan fingerprint density at radius 2 is 1.73 bits per heavy atom. The van der Waals surface area contributed by atoms with E-state index in [0.29, 0.717) is 31.6 Å². The molecule has 1 aromatic carbocycles. The number of halogens is 5. The molecule has 2 aromatic rings. The Morgan fingerprint density at radius 1 is 1.05 bits per heavy atom. The smallest absolute Gasteiger partial charge is 0.421 e. The third-order valence-electron chi connectivity index (χ3n) is 7.83. The van der Waals surface area contributed by atoms with E-state index in [9.17, 15) is 22.8 Å². The summed E-state index contributed by atoms with van der Waals surface area (Å²) in [7, 11) is 1.14. The second-order valence-corrected chi connectivity index (χ2v) is 10.9. The van der Waals surface area contributed by atoms with Crippen molar-refractivity contribution < 1.29 is 36.6 Å². The molecule has 218 valence electrons. The van der Waals surface area contributed by atoms with Gasteiger partial charge in [-0.25, -0.2) is 14.2 Å². The Balaban J connectivity index is 1.78. The van der Waals surface area contributed by atoms with Crippen LogP contribution in [0.5, 0.6) is 11.6 Å². The molecule has 1 heterocycles. The number of methoxy groups -OCH3 is 1. The van der Waals surface area contributed by atoms with Crippen LogP contribution in [0, 0.1) is 17.7 Å². The lowest BCUT2D eigenvalue weighted by Gasteiger charge is -2.38. The number of esters is 1. The summed E-state index contributed by atoms with van der Waals surface area (Å²) in [5.74, 6) is -3.57. The Morgan fingerprint density at radius 3 is 2.33 bits per heavy atom. The summed E-state index contributed by atoms with van der Waals surface area (Å²) < 4.78 is 67.0. The number of alkyl halides is 4. The van der Waals surface area contributed by atoms with Crippen LogP contribution >= 0.6 is 11.6 Å². The maximum absolute atomic E-state index is 15.6. The van der Waals surface area contributed by atoms with Gasteiger partial charge >= 0.3 is 12.1 Å². The third-order valence-corrected chi connectivity index (χ3v) is 8.14. The molecule has 6 nitrogen and oxygen atoms in total. The Kier molecular flexibility index (Phi) is 9.59. The molecular formula is C29H33ClF4N2O4. The van der Waals surface area contributed by atoms with Gasteiger partial charge in [-0.15, -0.1) is 11.6 Å². The Labute approximate surface area is 236 Å². The minimum absolute atomic E-state index is 0.0358. The molecule has 2 saturated carbocycles. The first-order valence-corrected chi connectivity index (χ1v) is 14.1. The van der Waals surface area contributed by atoms with E-state index in [1.807, 2.05) is 0 Å². The Bertz CT molecular complexity index is 1230. The van der Waals surface area contributed by atoms with Crippen LogP contribution in [0.15, 0.2) is 24.4 Å². The number of nitrogens with zero attached hydrogens (tertiary/aromatic N) is 2. The zero-order valence-electron chi connectivity index (χ0n) is 22.5. The van der Waals surface area contributed by atoms with Crippen molar-refractivity contribution in [3.8, 4) is 11.6 Å². The third kappa shape index (κ3) is 6.70. The molecule has 2 aliphatic rings. The van der Waals surface area contributed by atoms with E-state index in [4.69, 9.17) is 21.1 Å². The molecule has 2 fully saturated rings. The number of amides is 1. The molecule has 0 bridgehead atoms. The van der Waals surface area contributed by atoms with Crippen LogP contribution in [0.1, 0.15) is 86.2 Å². The van der Waals surface area contributed by atoms with Crippen LogP contribution in [-0.2, 0) is 21.6 Å². The van der Waals surface area contributed by atoms with Crippen molar-refractivity contribution in [1.29, 1.82) is 0 Å². The van der Waals surface area contributed by atoms with Gasteiger partial charge in [0.2, 0.25) is 11.8 Å². The summed E-state index contributed by atoms with van der Waals surface area (Å²) >= 11 is 5.67. The van der Waals surface area contributed by atoms with E-state index < -0.39 is 35.2 Å². The lowest BCUT2D eigenvalue weighted by atomic mass is 9.81. The van der Waals surface area contributed by atoms with Gasteiger partial charge in [-0.1, -0.05) is 26.2 Å². The van der Waals surface area contributed by atoms with E-state index >= 15 is 4.39 Å². The fourth-order valence-corrected chi connectivity index (χ4v) is 5.74. The van der Waals surface area contributed by atoms with Crippen molar-refractivity contribution in [2.24, 2.45) is 11.8 Å². The highest BCUT2D eigenvalue weighted by molar-refractivity contribution is 6.17. The molecule has 0 saturated heterocycles. The van der Waals surface area contributed by atoms with Gasteiger partial charge in [-0.2, -0.15) is 13.2 Å². The first-order valence-electron chi connectivity index (χ1n) is 13.6. The van der Waals surface area contributed by atoms with Gasteiger partial charge in [-0.3, -0.25) is 4.79 Å². The zero-order chi connectivity index (χ0) is 29.0. The first-order chi connectivity index (χ1) is 19.0. The molecular weight excluding hydrogens is 552 g/mol. The number of hydrogen-bond donors (Lipinski definition) is 0. The predicted octanol–water partition coefficient (Wildman–Crippen LogP) is 8.05. The number of carbonyl (C=O) groups is 2. The van der Waals surface area contributed by atoms with E-state index in [1.54, 1.807) is 0 Å². The summed E-state index contributed by atoms with van der Waals surface area (Å²) in [6.45, 7) is 2.14. The number of benzene rings is 1. The highest BCUT2D eigenvalue weighted by atomic mass is 35.5. The van der Waals surface area contributed by atoms with Crippen molar-refractivity contribution >= 4 is 29.2 Å². The quantitative estimate of drug-likeness (QED) is 0.187. The highest BCUT2D eigenvalue weighted by Crippen LogP contribution is 2.41. The minimum Gasteiger partial charge on any atom is -0.465 e. The fourth-order valence-electron chi connectivity index (χ4n) is 5.59. The van der Waals surface area contributed by atoms with Crippen LogP contribution in [0.4, 0.5) is 23.2 Å². The number of hydrogen-bond acceptors (Lipinski definition) is 5. The molecule has 1 amide bonds. The average molecular weight is 585 g/mol. The van der Waals surface area contributed by atoms with Crippen molar-refractivity contribution in [3.05, 3.63) is 46.9 Å². The number of aromatic nitrogens is 1. The number of ether oxygens (including phenoxy) is 2. The van der Waals surface area contributed by atoms with Gasteiger partial charge in [0.25, 0.3) is 0 Å². The monoisotopic (exact) mass is 584 g/mol. The second-order valence-electron chi connectivity index (χ2n) is 10.7. The molecule has 0 aliphatic heterocycles. The van der Waals surface area contributed by atoms with Crippen LogP contribution in [0.3, 0.4) is 0 Å². The van der Waals surface area contributed by atoms with E-state index in [2.05, 4.69) is 11.9 Å². The number of rotatable bonds is 7. The van der Waals surface area contributed by atoms with Gasteiger partial charge in [0, 0.05) is 36.2 Å². The van der Waals surface area contributed by atoms with Crippen molar-refractivity contribution in [1.82, 2.24) is 4.98 Å². The first kappa shape index (κ1) is 30.1. The van der Waals surface area contributed by atoms with Crippen LogP contribution in [-0.4, -0.2) is 30.0 Å². The molecule has 1 aromatic heterocycles. The molecule has 0 radical (unpaired) electrons. The lowest BCUT2D eigenvalue weighted by molar-refractivity contribution is -0.139. The van der Waals surface area contributed by atoms with Gasteiger partial charge < -0.3 is 14.4 Å². The van der Waals surface area contributed by atoms with Crippen molar-refractivity contribution in [3.63, 3.8) is 0 Å². The summed E-state index contributed by atoms with van der Waals surface area (Å²) in [6.07, 6.45) is 3.62. The molecule has 4 rings (SSSR count). The van der Waals surface area contributed by atoms with Gasteiger partial charge in [0.15, 0.2) is 11.6 Å². The molecule has 0 unspecified atom stereocenters. The standard InChI is InChI=1S/C29H33ClF4N2O4/c1-17-8-10-19(11-9-17)27(37)36(20-6-4-3-5-7-20)24-14-23(31)25(13-21(24)28(38)39-2)40-26-22(29(32,33)34)12-18(15-30)16-35-26/h12-14,16-17,19-20H,3-11,15H2,1-2H3. The second kappa shape index (κ2) is 12.7. The molecule has 2 aliphatic carbocycles. The molecule has 0 spiro atoms. The maximum atomic E-state index is 15.6. The van der Waals surface area contributed by atoms with Gasteiger partial charge in [-0.05, 0) is 56.1 Å². The SMILES string of the molecule is COC(=O)c1cc(Oc2ncc(CCl)cc2C(F)(F)F)c(F)cc1N(C(=O)C1CCC(C)CC1)C1CCCCC1. The zero-order valence-corrected chi connectivity index (χ0v) is 23.3. The van der Waals surface area contributed by atoms with Crippen LogP contribution in [0.2, 0.25) is 0 Å². The lowest BCUT2D eigenvalue weighted by Crippen LogP contribution is -2.46. The van der Waals surface area contributed by atoms with E-state index in [-0.39, 0.29) is 40.6 Å². The van der Waals surface area contributed by atoms with Crippen molar-refractivity contribution in [2.75, 3.05) is 12.0 Å². The van der Waals surface area contributed by atoms with Crippen LogP contribution in [0.25, 0.3) is 0 Å². The average Bonchev–Trinajstić information content (AvgIpc) is 2.94. The minimum atomic E-state index is -4.85. The summed E-state index contributed by atoms with van der Waals surface area (Å²) in [4.78, 5) is 32.1.